The molecule has 0 saturated carbocycles. The number of nitrogens with zero attached hydrogens (tertiary/aromatic N) is 7. The van der Waals surface area contributed by atoms with Crippen LogP contribution in [0.15, 0.2) is 78.5 Å². The Labute approximate surface area is 236 Å². The SMILES string of the molecule is Cn1cc(-c2cc3ncccc3c(-c3ccc(N4CCC(CO)(N5C=CC=C(Cl)C5C(N)=O)CC4)nc3)n2)cn1. The highest BCUT2D eigenvalue weighted by atomic mass is 35.5. The maximum absolute atomic E-state index is 12.2. The van der Waals surface area contributed by atoms with E-state index in [9.17, 15) is 9.90 Å². The summed E-state index contributed by atoms with van der Waals surface area (Å²) in [5, 5.41) is 16.0. The number of primary amides is 1. The van der Waals surface area contributed by atoms with Crippen LogP contribution in [0.5, 0.6) is 0 Å². The van der Waals surface area contributed by atoms with Crippen LogP contribution in [-0.2, 0) is 11.8 Å². The lowest BCUT2D eigenvalue weighted by molar-refractivity contribution is -0.123. The van der Waals surface area contributed by atoms with Gasteiger partial charge in [0.15, 0.2) is 0 Å². The zero-order valence-electron chi connectivity index (χ0n) is 22.0. The largest absolute Gasteiger partial charge is 0.394 e. The fraction of sp³-hybridized carbons (Fsp3) is 0.276. The number of nitrogens with two attached hydrogens (primary N) is 1. The first-order valence-corrected chi connectivity index (χ1v) is 13.4. The number of piperidine rings is 1. The van der Waals surface area contributed by atoms with E-state index in [1.807, 2.05) is 54.7 Å². The zero-order chi connectivity index (χ0) is 27.9. The molecule has 204 valence electrons. The molecule has 0 bridgehead atoms. The van der Waals surface area contributed by atoms with Gasteiger partial charge in [0.1, 0.15) is 11.9 Å². The molecule has 1 atom stereocenters. The molecule has 2 aliphatic rings. The molecule has 0 aliphatic carbocycles. The fourth-order valence-corrected chi connectivity index (χ4v) is 5.89. The second kappa shape index (κ2) is 10.4. The molecule has 6 rings (SSSR count). The maximum atomic E-state index is 12.2. The second-order valence-corrected chi connectivity index (χ2v) is 10.6. The van der Waals surface area contributed by atoms with E-state index in [4.69, 9.17) is 27.3 Å². The normalized spacial score (nSPS) is 18.7. The number of allylic oxidation sites excluding steroid dienone is 2. The summed E-state index contributed by atoms with van der Waals surface area (Å²) in [5.41, 5.74) is 9.28. The lowest BCUT2D eigenvalue weighted by atomic mass is 9.84. The van der Waals surface area contributed by atoms with Gasteiger partial charge in [-0.2, -0.15) is 5.10 Å². The molecular formula is C29H29ClN8O2. The zero-order valence-corrected chi connectivity index (χ0v) is 22.7. The first-order chi connectivity index (χ1) is 19.4. The Balaban J connectivity index is 1.25. The Morgan fingerprint density at radius 1 is 1.18 bits per heavy atom. The van der Waals surface area contributed by atoms with E-state index >= 15 is 0 Å². The van der Waals surface area contributed by atoms with Gasteiger partial charge in [0.25, 0.3) is 0 Å². The van der Waals surface area contributed by atoms with Gasteiger partial charge in [0, 0.05) is 61.4 Å². The summed E-state index contributed by atoms with van der Waals surface area (Å²) in [4.78, 5) is 30.5. The van der Waals surface area contributed by atoms with Crippen molar-refractivity contribution in [2.75, 3.05) is 24.6 Å². The Hall–Kier alpha value is -4.28. The van der Waals surface area contributed by atoms with E-state index in [0.29, 0.717) is 31.0 Å². The number of carbonyl (C=O) groups is 1. The van der Waals surface area contributed by atoms with E-state index in [0.717, 1.165) is 39.2 Å². The molecule has 10 nitrogen and oxygen atoms in total. The molecule has 2 aliphatic heterocycles. The van der Waals surface area contributed by atoms with Crippen molar-refractivity contribution in [2.45, 2.75) is 24.4 Å². The third kappa shape index (κ3) is 4.59. The average Bonchev–Trinajstić information content (AvgIpc) is 3.42. The van der Waals surface area contributed by atoms with Crippen molar-refractivity contribution < 1.29 is 9.90 Å². The van der Waals surface area contributed by atoms with Gasteiger partial charge < -0.3 is 20.6 Å². The van der Waals surface area contributed by atoms with Gasteiger partial charge in [0.05, 0.1) is 40.3 Å². The minimum Gasteiger partial charge on any atom is -0.394 e. The summed E-state index contributed by atoms with van der Waals surface area (Å²) >= 11 is 6.33. The average molecular weight is 557 g/mol. The van der Waals surface area contributed by atoms with Crippen molar-refractivity contribution in [2.24, 2.45) is 12.8 Å². The van der Waals surface area contributed by atoms with Crippen LogP contribution in [0.1, 0.15) is 12.8 Å². The Bertz CT molecular complexity index is 1620. The highest BCUT2D eigenvalue weighted by Gasteiger charge is 2.44. The summed E-state index contributed by atoms with van der Waals surface area (Å²) in [5.74, 6) is 0.293. The van der Waals surface area contributed by atoms with E-state index < -0.39 is 17.5 Å². The molecule has 11 heteroatoms. The summed E-state index contributed by atoms with van der Waals surface area (Å²) in [6.07, 6.45) is 13.8. The lowest BCUT2D eigenvalue weighted by Gasteiger charge is -2.50. The van der Waals surface area contributed by atoms with Crippen molar-refractivity contribution in [3.05, 3.63) is 78.5 Å². The van der Waals surface area contributed by atoms with Gasteiger partial charge in [-0.05, 0) is 55.3 Å². The smallest absolute Gasteiger partial charge is 0.245 e. The van der Waals surface area contributed by atoms with E-state index in [1.165, 1.54) is 0 Å². The van der Waals surface area contributed by atoms with Crippen LogP contribution in [0.25, 0.3) is 33.4 Å². The molecule has 1 amide bonds. The molecule has 0 spiro atoms. The third-order valence-corrected chi connectivity index (χ3v) is 8.13. The predicted molar refractivity (Wildman–Crippen MR) is 154 cm³/mol. The monoisotopic (exact) mass is 556 g/mol. The van der Waals surface area contributed by atoms with Gasteiger partial charge in [-0.1, -0.05) is 11.6 Å². The number of aryl methyl sites for hydroxylation is 1. The van der Waals surface area contributed by atoms with Crippen LogP contribution in [0, 0.1) is 0 Å². The van der Waals surface area contributed by atoms with Crippen LogP contribution >= 0.6 is 11.6 Å². The number of fused-ring (bicyclic) bond motifs is 1. The number of aliphatic hydroxyl groups is 1. The molecule has 4 aromatic rings. The topological polar surface area (TPSA) is 126 Å². The molecule has 3 N–H and O–H groups in total. The van der Waals surface area contributed by atoms with Crippen molar-refractivity contribution in [1.82, 2.24) is 29.6 Å². The number of anilines is 1. The minimum absolute atomic E-state index is 0.119. The van der Waals surface area contributed by atoms with Gasteiger partial charge in [-0.15, -0.1) is 0 Å². The summed E-state index contributed by atoms with van der Waals surface area (Å²) in [6, 6.07) is 9.13. The maximum Gasteiger partial charge on any atom is 0.245 e. The Morgan fingerprint density at radius 2 is 2.00 bits per heavy atom. The number of amides is 1. The highest BCUT2D eigenvalue weighted by Crippen LogP contribution is 2.37. The van der Waals surface area contributed by atoms with Crippen molar-refractivity contribution in [3.63, 3.8) is 0 Å². The number of halogens is 1. The Kier molecular flexibility index (Phi) is 6.73. The number of aliphatic hydroxyl groups excluding tert-OH is 1. The molecular weight excluding hydrogens is 528 g/mol. The van der Waals surface area contributed by atoms with Gasteiger partial charge in [-0.25, -0.2) is 9.97 Å². The standard InChI is InChI=1S/C29H29ClN8O2/c1-36-17-20(16-34-36)23-14-24-21(4-2-10-32-24)26(35-23)19-6-7-25(33-15-19)37-12-8-29(18-39,9-13-37)38-11-3-5-22(30)27(38)28(31)40/h2-7,10-11,14-17,27,39H,8-9,12-13,18H2,1H3,(H2,31,40). The second-order valence-electron chi connectivity index (χ2n) is 10.2. The number of carbonyl (C=O) groups excluding carboxylic acids is 1. The summed E-state index contributed by atoms with van der Waals surface area (Å²) in [6.45, 7) is 1.17. The van der Waals surface area contributed by atoms with Crippen LogP contribution in [-0.4, -0.2) is 71.9 Å². The van der Waals surface area contributed by atoms with Crippen LogP contribution in [0.3, 0.4) is 0 Å². The van der Waals surface area contributed by atoms with Gasteiger partial charge in [-0.3, -0.25) is 14.5 Å². The predicted octanol–water partition coefficient (Wildman–Crippen LogP) is 3.23. The van der Waals surface area contributed by atoms with Crippen LogP contribution in [0.4, 0.5) is 5.82 Å². The first kappa shape index (κ1) is 26.0. The van der Waals surface area contributed by atoms with Crippen molar-refractivity contribution in [1.29, 1.82) is 0 Å². The molecule has 1 unspecified atom stereocenters. The fourth-order valence-electron chi connectivity index (χ4n) is 5.60. The van der Waals surface area contributed by atoms with E-state index in [1.54, 1.807) is 35.4 Å². The third-order valence-electron chi connectivity index (χ3n) is 7.79. The molecule has 1 fully saturated rings. The van der Waals surface area contributed by atoms with Crippen LogP contribution in [0.2, 0.25) is 0 Å². The summed E-state index contributed by atoms with van der Waals surface area (Å²) in [7, 11) is 1.88. The number of hydrogen-bond donors (Lipinski definition) is 2. The molecule has 0 radical (unpaired) electrons. The summed E-state index contributed by atoms with van der Waals surface area (Å²) < 4.78 is 1.75. The van der Waals surface area contributed by atoms with E-state index in [2.05, 4.69) is 15.0 Å². The minimum atomic E-state index is -0.790. The van der Waals surface area contributed by atoms with Gasteiger partial charge >= 0.3 is 0 Å². The number of hydrogen-bond acceptors (Lipinski definition) is 8. The highest BCUT2D eigenvalue weighted by molar-refractivity contribution is 6.32. The Morgan fingerprint density at radius 3 is 2.67 bits per heavy atom. The first-order valence-electron chi connectivity index (χ1n) is 13.1. The molecule has 40 heavy (non-hydrogen) atoms. The number of aromatic nitrogens is 5. The molecule has 1 saturated heterocycles. The van der Waals surface area contributed by atoms with E-state index in [-0.39, 0.29) is 6.61 Å². The number of pyridine rings is 3. The molecule has 6 heterocycles. The number of rotatable bonds is 6. The molecule has 0 aromatic carbocycles. The quantitative estimate of drug-likeness (QED) is 0.371. The lowest BCUT2D eigenvalue weighted by Crippen LogP contribution is -2.61. The molecule has 4 aromatic heterocycles. The van der Waals surface area contributed by atoms with Gasteiger partial charge in [0.2, 0.25) is 5.91 Å². The van der Waals surface area contributed by atoms with Crippen LogP contribution < -0.4 is 10.6 Å². The van der Waals surface area contributed by atoms with Crippen molar-refractivity contribution >= 4 is 34.2 Å². The van der Waals surface area contributed by atoms with Crippen molar-refractivity contribution in [3.8, 4) is 22.5 Å².